The maximum atomic E-state index is 12.8. The number of oxazole rings is 1. The van der Waals surface area contributed by atoms with Crippen molar-refractivity contribution in [3.8, 4) is 0 Å². The first-order valence-electron chi connectivity index (χ1n) is 10.8. The summed E-state index contributed by atoms with van der Waals surface area (Å²) in [6, 6.07) is 4.53. The van der Waals surface area contributed by atoms with Gasteiger partial charge in [0.1, 0.15) is 0 Å². The molecule has 2 fully saturated rings. The van der Waals surface area contributed by atoms with Crippen molar-refractivity contribution in [2.24, 2.45) is 5.92 Å². The van der Waals surface area contributed by atoms with E-state index in [1.54, 1.807) is 6.07 Å². The first-order chi connectivity index (χ1) is 14.4. The van der Waals surface area contributed by atoms with Gasteiger partial charge < -0.3 is 9.32 Å². The highest BCUT2D eigenvalue weighted by molar-refractivity contribution is 7.89. The Morgan fingerprint density at radius 1 is 1.23 bits per heavy atom. The van der Waals surface area contributed by atoms with Crippen LogP contribution in [0.5, 0.6) is 0 Å². The third-order valence-electron chi connectivity index (χ3n) is 5.91. The molecule has 0 atom stereocenters. The molecule has 0 unspecified atom stereocenters. The molecule has 1 aromatic heterocycles. The second-order valence-corrected chi connectivity index (χ2v) is 10.2. The Labute approximate surface area is 176 Å². The Bertz CT molecular complexity index is 1080. The van der Waals surface area contributed by atoms with E-state index in [1.165, 1.54) is 33.8 Å². The third kappa shape index (κ3) is 4.32. The van der Waals surface area contributed by atoms with Crippen LogP contribution in [0.25, 0.3) is 11.1 Å². The highest BCUT2D eigenvalue weighted by atomic mass is 32.2. The van der Waals surface area contributed by atoms with Crippen LogP contribution in [0.4, 0.5) is 0 Å². The molecule has 9 heteroatoms. The Morgan fingerprint density at radius 2 is 1.97 bits per heavy atom. The van der Waals surface area contributed by atoms with E-state index >= 15 is 0 Å². The number of benzene rings is 1. The maximum Gasteiger partial charge on any atom is 0.419 e. The molecule has 30 heavy (non-hydrogen) atoms. The number of amides is 1. The van der Waals surface area contributed by atoms with Crippen LogP contribution in [0.1, 0.15) is 45.4 Å². The number of rotatable bonds is 9. The van der Waals surface area contributed by atoms with Gasteiger partial charge in [-0.2, -0.15) is 4.31 Å². The van der Waals surface area contributed by atoms with E-state index in [9.17, 15) is 18.0 Å². The van der Waals surface area contributed by atoms with Gasteiger partial charge in [0.2, 0.25) is 15.9 Å². The van der Waals surface area contributed by atoms with E-state index < -0.39 is 15.8 Å². The molecule has 0 N–H and O–H groups in total. The van der Waals surface area contributed by atoms with Crippen molar-refractivity contribution in [3.05, 3.63) is 28.7 Å². The summed E-state index contributed by atoms with van der Waals surface area (Å²) >= 11 is 0. The Kier molecular flexibility index (Phi) is 6.02. The minimum atomic E-state index is -3.58. The number of aryl methyl sites for hydroxylation is 1. The fourth-order valence-corrected chi connectivity index (χ4v) is 5.59. The SMILES string of the molecule is CCCN(CC1CC1)C(=O)CCn1c(=O)oc2cc(S(=O)(=O)N3CCCC3)ccc21. The first kappa shape index (κ1) is 21.1. The molecule has 1 aliphatic heterocycles. The van der Waals surface area contributed by atoms with Gasteiger partial charge in [-0.1, -0.05) is 6.92 Å². The van der Waals surface area contributed by atoms with Crippen LogP contribution < -0.4 is 5.76 Å². The standard InChI is InChI=1S/C21H29N3O5S/c1-2-10-22(15-16-5-6-16)20(25)9-13-24-18-8-7-17(14-19(18)29-21(24)26)30(27,28)23-11-3-4-12-23/h7-8,14,16H,2-6,9-13,15H2,1H3. The number of aromatic nitrogens is 1. The summed E-state index contributed by atoms with van der Waals surface area (Å²) in [4.78, 5) is 27.1. The number of nitrogens with zero attached hydrogens (tertiary/aromatic N) is 3. The summed E-state index contributed by atoms with van der Waals surface area (Å²) in [6.45, 7) is 4.83. The zero-order valence-electron chi connectivity index (χ0n) is 17.4. The van der Waals surface area contributed by atoms with Crippen molar-refractivity contribution in [1.82, 2.24) is 13.8 Å². The zero-order valence-corrected chi connectivity index (χ0v) is 18.2. The Balaban J connectivity index is 1.51. The lowest BCUT2D eigenvalue weighted by Crippen LogP contribution is -2.34. The van der Waals surface area contributed by atoms with Crippen molar-refractivity contribution in [3.63, 3.8) is 0 Å². The largest absolute Gasteiger partial charge is 0.419 e. The fraction of sp³-hybridized carbons (Fsp3) is 0.619. The molecule has 0 bridgehead atoms. The molecule has 2 aromatic rings. The van der Waals surface area contributed by atoms with Crippen molar-refractivity contribution >= 4 is 27.0 Å². The van der Waals surface area contributed by atoms with Gasteiger partial charge in [0.05, 0.1) is 10.4 Å². The molecule has 8 nitrogen and oxygen atoms in total. The molecule has 1 aromatic carbocycles. The summed E-state index contributed by atoms with van der Waals surface area (Å²) in [6.07, 6.45) is 5.20. The van der Waals surface area contributed by atoms with Gasteiger partial charge in [-0.05, 0) is 50.2 Å². The van der Waals surface area contributed by atoms with E-state index in [2.05, 4.69) is 6.92 Å². The van der Waals surface area contributed by atoms with Crippen molar-refractivity contribution in [2.45, 2.75) is 56.9 Å². The van der Waals surface area contributed by atoms with Crippen molar-refractivity contribution < 1.29 is 17.6 Å². The highest BCUT2D eigenvalue weighted by Crippen LogP contribution is 2.30. The lowest BCUT2D eigenvalue weighted by Gasteiger charge is -2.22. The van der Waals surface area contributed by atoms with Gasteiger partial charge in [-0.15, -0.1) is 0 Å². The quantitative estimate of drug-likeness (QED) is 0.603. The topological polar surface area (TPSA) is 92.8 Å². The number of carbonyl (C=O) groups excluding carboxylic acids is 1. The highest BCUT2D eigenvalue weighted by Gasteiger charge is 2.28. The van der Waals surface area contributed by atoms with Crippen LogP contribution in [0.3, 0.4) is 0 Å². The van der Waals surface area contributed by atoms with E-state index in [1.807, 2.05) is 4.90 Å². The average Bonchev–Trinajstić information content (AvgIpc) is 3.24. The van der Waals surface area contributed by atoms with E-state index in [0.717, 1.165) is 32.4 Å². The van der Waals surface area contributed by atoms with Crippen LogP contribution in [-0.2, 0) is 21.4 Å². The number of hydrogen-bond donors (Lipinski definition) is 0. The first-order valence-corrected chi connectivity index (χ1v) is 12.3. The van der Waals surface area contributed by atoms with E-state index in [0.29, 0.717) is 24.5 Å². The van der Waals surface area contributed by atoms with Gasteiger partial charge in [-0.25, -0.2) is 13.2 Å². The van der Waals surface area contributed by atoms with E-state index in [-0.39, 0.29) is 29.4 Å². The number of sulfonamides is 1. The lowest BCUT2D eigenvalue weighted by atomic mass is 10.2. The second-order valence-electron chi connectivity index (χ2n) is 8.29. The molecule has 164 valence electrons. The molecule has 1 saturated heterocycles. The lowest BCUT2D eigenvalue weighted by molar-refractivity contribution is -0.131. The van der Waals surface area contributed by atoms with Gasteiger partial charge >= 0.3 is 5.76 Å². The van der Waals surface area contributed by atoms with Gasteiger partial charge in [-0.3, -0.25) is 9.36 Å². The third-order valence-corrected chi connectivity index (χ3v) is 7.81. The molecule has 0 radical (unpaired) electrons. The molecule has 0 spiro atoms. The van der Waals surface area contributed by atoms with Gasteiger partial charge in [0.15, 0.2) is 5.58 Å². The Hall–Kier alpha value is -2.13. The molecule has 2 aliphatic rings. The second kappa shape index (κ2) is 8.55. The molecule has 4 rings (SSSR count). The van der Waals surface area contributed by atoms with Crippen molar-refractivity contribution in [1.29, 1.82) is 0 Å². The minimum absolute atomic E-state index is 0.0400. The predicted molar refractivity (Wildman–Crippen MR) is 113 cm³/mol. The van der Waals surface area contributed by atoms with Crippen LogP contribution in [0.15, 0.2) is 32.3 Å². The summed E-state index contributed by atoms with van der Waals surface area (Å²) in [5, 5.41) is 0. The zero-order chi connectivity index (χ0) is 21.3. The van der Waals surface area contributed by atoms with Crippen molar-refractivity contribution in [2.75, 3.05) is 26.2 Å². The molecular weight excluding hydrogens is 406 g/mol. The van der Waals surface area contributed by atoms with Crippen LogP contribution >= 0.6 is 0 Å². The monoisotopic (exact) mass is 435 g/mol. The van der Waals surface area contributed by atoms with E-state index in [4.69, 9.17) is 4.42 Å². The fourth-order valence-electron chi connectivity index (χ4n) is 4.06. The molecule has 1 saturated carbocycles. The van der Waals surface area contributed by atoms with Crippen LogP contribution in [-0.4, -0.2) is 54.3 Å². The Morgan fingerprint density at radius 3 is 2.63 bits per heavy atom. The average molecular weight is 436 g/mol. The molecular formula is C21H29N3O5S. The normalized spacial score (nSPS) is 17.6. The van der Waals surface area contributed by atoms with Crippen LogP contribution in [0, 0.1) is 5.92 Å². The molecule has 1 amide bonds. The summed E-state index contributed by atoms with van der Waals surface area (Å²) in [7, 11) is -3.58. The number of hydrogen-bond acceptors (Lipinski definition) is 5. The summed E-state index contributed by atoms with van der Waals surface area (Å²) in [5.74, 6) is 0.0879. The number of fused-ring (bicyclic) bond motifs is 1. The number of carbonyl (C=O) groups is 1. The summed E-state index contributed by atoms with van der Waals surface area (Å²) < 4.78 is 33.7. The minimum Gasteiger partial charge on any atom is -0.408 e. The van der Waals surface area contributed by atoms with Crippen LogP contribution in [0.2, 0.25) is 0 Å². The molecule has 2 heterocycles. The predicted octanol–water partition coefficient (Wildman–Crippen LogP) is 2.42. The molecule has 1 aliphatic carbocycles. The maximum absolute atomic E-state index is 12.8. The van der Waals surface area contributed by atoms with Gasteiger partial charge in [0.25, 0.3) is 0 Å². The van der Waals surface area contributed by atoms with Gasteiger partial charge in [0, 0.05) is 45.2 Å². The smallest absolute Gasteiger partial charge is 0.408 e. The summed E-state index contributed by atoms with van der Waals surface area (Å²) in [5.41, 5.74) is 0.744.